The zero-order valence-corrected chi connectivity index (χ0v) is 17.9. The van der Waals surface area contributed by atoms with Gasteiger partial charge in [-0.15, -0.1) is 0 Å². The van der Waals surface area contributed by atoms with Crippen LogP contribution in [0.4, 0.5) is 0 Å². The number of nitrogens with zero attached hydrogens (tertiary/aromatic N) is 1. The van der Waals surface area contributed by atoms with Gasteiger partial charge < -0.3 is 19.8 Å². The van der Waals surface area contributed by atoms with Gasteiger partial charge in [-0.3, -0.25) is 9.78 Å². The molecule has 162 valence electrons. The van der Waals surface area contributed by atoms with Gasteiger partial charge in [0.2, 0.25) is 12.7 Å². The van der Waals surface area contributed by atoms with Crippen LogP contribution >= 0.6 is 0 Å². The van der Waals surface area contributed by atoms with E-state index < -0.39 is 0 Å². The quantitative estimate of drug-likeness (QED) is 0.449. The lowest BCUT2D eigenvalue weighted by Crippen LogP contribution is -2.25. The molecule has 6 nitrogen and oxygen atoms in total. The summed E-state index contributed by atoms with van der Waals surface area (Å²) in [6.45, 7) is 2.85. The van der Waals surface area contributed by atoms with Crippen molar-refractivity contribution in [2.75, 3.05) is 6.79 Å². The number of nitrogens with one attached hydrogen (secondary N) is 2. The van der Waals surface area contributed by atoms with E-state index in [1.807, 2.05) is 36.5 Å². The SMILES string of the molecule is CCc1cccc2c(C(CC(=O)NCc3ccncc3)c3ccc4c(c3)OCO4)c[nH]c12. The lowest BCUT2D eigenvalue weighted by Gasteiger charge is -2.18. The van der Waals surface area contributed by atoms with E-state index in [9.17, 15) is 4.79 Å². The predicted molar refractivity (Wildman–Crippen MR) is 123 cm³/mol. The van der Waals surface area contributed by atoms with Crippen LogP contribution in [0, 0.1) is 0 Å². The topological polar surface area (TPSA) is 76.2 Å². The number of aromatic amines is 1. The summed E-state index contributed by atoms with van der Waals surface area (Å²) < 4.78 is 11.1. The van der Waals surface area contributed by atoms with E-state index in [0.29, 0.717) is 13.0 Å². The first-order valence-electron chi connectivity index (χ1n) is 10.9. The minimum Gasteiger partial charge on any atom is -0.454 e. The summed E-state index contributed by atoms with van der Waals surface area (Å²) in [6.07, 6.45) is 6.77. The van der Waals surface area contributed by atoms with Crippen LogP contribution in [-0.2, 0) is 17.8 Å². The van der Waals surface area contributed by atoms with Crippen molar-refractivity contribution in [3.8, 4) is 11.5 Å². The van der Waals surface area contributed by atoms with Crippen molar-refractivity contribution in [2.24, 2.45) is 0 Å². The molecule has 1 atom stereocenters. The van der Waals surface area contributed by atoms with Gasteiger partial charge >= 0.3 is 0 Å². The molecule has 5 rings (SSSR count). The van der Waals surface area contributed by atoms with Crippen molar-refractivity contribution in [3.63, 3.8) is 0 Å². The molecular weight excluding hydrogens is 402 g/mol. The van der Waals surface area contributed by atoms with Gasteiger partial charge in [-0.05, 0) is 52.9 Å². The Morgan fingerprint density at radius 3 is 2.81 bits per heavy atom. The minimum absolute atomic E-state index is 0.00882. The Hall–Kier alpha value is -3.80. The zero-order chi connectivity index (χ0) is 21.9. The van der Waals surface area contributed by atoms with Gasteiger partial charge in [-0.2, -0.15) is 0 Å². The van der Waals surface area contributed by atoms with Crippen LogP contribution in [0.2, 0.25) is 0 Å². The highest BCUT2D eigenvalue weighted by Gasteiger charge is 2.24. The zero-order valence-electron chi connectivity index (χ0n) is 17.9. The average Bonchev–Trinajstić information content (AvgIpc) is 3.48. The Labute approximate surface area is 186 Å². The summed E-state index contributed by atoms with van der Waals surface area (Å²) in [5.74, 6) is 1.33. The van der Waals surface area contributed by atoms with E-state index >= 15 is 0 Å². The van der Waals surface area contributed by atoms with Crippen LogP contribution in [0.25, 0.3) is 10.9 Å². The van der Waals surface area contributed by atoms with Crippen LogP contribution in [0.15, 0.2) is 67.1 Å². The monoisotopic (exact) mass is 427 g/mol. The first kappa shape index (κ1) is 20.1. The van der Waals surface area contributed by atoms with Gasteiger partial charge in [0.1, 0.15) is 0 Å². The fourth-order valence-corrected chi connectivity index (χ4v) is 4.32. The van der Waals surface area contributed by atoms with Crippen LogP contribution in [-0.4, -0.2) is 22.7 Å². The summed E-state index contributed by atoms with van der Waals surface area (Å²) in [5, 5.41) is 4.20. The summed E-state index contributed by atoms with van der Waals surface area (Å²) in [5.41, 5.74) is 5.55. The second kappa shape index (κ2) is 8.75. The Morgan fingerprint density at radius 1 is 1.12 bits per heavy atom. The molecule has 0 bridgehead atoms. The molecule has 6 heteroatoms. The molecule has 3 heterocycles. The van der Waals surface area contributed by atoms with Crippen molar-refractivity contribution in [3.05, 3.63) is 89.4 Å². The standard InChI is InChI=1S/C26H25N3O3/c1-2-18-4-3-5-20-22(15-29-26(18)20)21(19-6-7-23-24(12-19)32-16-31-23)13-25(30)28-14-17-8-10-27-11-9-17/h3-12,15,21,29H,2,13-14,16H2,1H3,(H,28,30). The van der Waals surface area contributed by atoms with Crippen molar-refractivity contribution in [1.82, 2.24) is 15.3 Å². The second-order valence-corrected chi connectivity index (χ2v) is 7.94. The number of hydrogen-bond acceptors (Lipinski definition) is 4. The van der Waals surface area contributed by atoms with Crippen LogP contribution < -0.4 is 14.8 Å². The molecule has 0 aliphatic carbocycles. The van der Waals surface area contributed by atoms with Gasteiger partial charge in [0.15, 0.2) is 11.5 Å². The molecule has 0 radical (unpaired) electrons. The summed E-state index contributed by atoms with van der Waals surface area (Å²) in [6, 6.07) is 16.1. The maximum atomic E-state index is 13.0. The average molecular weight is 428 g/mol. The van der Waals surface area contributed by atoms with Crippen molar-refractivity contribution in [1.29, 1.82) is 0 Å². The highest BCUT2D eigenvalue weighted by molar-refractivity contribution is 5.88. The van der Waals surface area contributed by atoms with Crippen LogP contribution in [0.1, 0.15) is 41.5 Å². The molecule has 1 amide bonds. The third kappa shape index (κ3) is 3.91. The van der Waals surface area contributed by atoms with Gasteiger partial charge in [-0.25, -0.2) is 0 Å². The maximum absolute atomic E-state index is 13.0. The molecular formula is C26H25N3O3. The Kier molecular flexibility index (Phi) is 5.50. The van der Waals surface area contributed by atoms with Crippen molar-refractivity contribution >= 4 is 16.8 Å². The molecule has 1 unspecified atom stereocenters. The number of rotatable bonds is 7. The van der Waals surface area contributed by atoms with Gasteiger partial charge in [0, 0.05) is 48.4 Å². The minimum atomic E-state index is -0.122. The predicted octanol–water partition coefficient (Wildman–Crippen LogP) is 4.69. The fourth-order valence-electron chi connectivity index (χ4n) is 4.32. The number of para-hydroxylation sites is 1. The lowest BCUT2D eigenvalue weighted by atomic mass is 9.87. The van der Waals surface area contributed by atoms with Gasteiger partial charge in [0.25, 0.3) is 0 Å². The van der Waals surface area contributed by atoms with Gasteiger partial charge in [0.05, 0.1) is 0 Å². The number of fused-ring (bicyclic) bond motifs is 2. The second-order valence-electron chi connectivity index (χ2n) is 7.94. The first-order chi connectivity index (χ1) is 15.7. The van der Waals surface area contributed by atoms with E-state index in [0.717, 1.165) is 45.5 Å². The molecule has 4 aromatic rings. The lowest BCUT2D eigenvalue weighted by molar-refractivity contribution is -0.121. The number of carbonyl (C=O) groups is 1. The van der Waals surface area contributed by atoms with Crippen molar-refractivity contribution in [2.45, 2.75) is 32.2 Å². The summed E-state index contributed by atoms with van der Waals surface area (Å²) in [4.78, 5) is 20.5. The highest BCUT2D eigenvalue weighted by atomic mass is 16.7. The van der Waals surface area contributed by atoms with E-state index in [1.54, 1.807) is 12.4 Å². The van der Waals surface area contributed by atoms with Crippen LogP contribution in [0.5, 0.6) is 11.5 Å². The number of aromatic nitrogens is 2. The molecule has 32 heavy (non-hydrogen) atoms. The summed E-state index contributed by atoms with van der Waals surface area (Å²) >= 11 is 0. The highest BCUT2D eigenvalue weighted by Crippen LogP contribution is 2.39. The molecule has 2 N–H and O–H groups in total. The number of amides is 1. The molecule has 0 saturated heterocycles. The number of benzene rings is 2. The van der Waals surface area contributed by atoms with E-state index in [2.05, 4.69) is 40.4 Å². The summed E-state index contributed by atoms with van der Waals surface area (Å²) in [7, 11) is 0. The van der Waals surface area contributed by atoms with Gasteiger partial charge in [-0.1, -0.05) is 31.2 Å². The van der Waals surface area contributed by atoms with Crippen LogP contribution in [0.3, 0.4) is 0 Å². The molecule has 1 aliphatic rings. The molecule has 0 fully saturated rings. The number of pyridine rings is 1. The molecule has 2 aromatic carbocycles. The molecule has 0 saturated carbocycles. The molecule has 2 aromatic heterocycles. The third-order valence-corrected chi connectivity index (χ3v) is 6.02. The number of carbonyl (C=O) groups excluding carboxylic acids is 1. The number of hydrogen-bond donors (Lipinski definition) is 2. The number of aryl methyl sites for hydroxylation is 1. The van der Waals surface area contributed by atoms with E-state index in [1.165, 1.54) is 5.56 Å². The van der Waals surface area contributed by atoms with E-state index in [4.69, 9.17) is 9.47 Å². The Morgan fingerprint density at radius 2 is 1.97 bits per heavy atom. The Balaban J connectivity index is 1.47. The smallest absolute Gasteiger partial charge is 0.231 e. The van der Waals surface area contributed by atoms with E-state index in [-0.39, 0.29) is 18.6 Å². The maximum Gasteiger partial charge on any atom is 0.231 e. The number of ether oxygens (including phenoxy) is 2. The first-order valence-corrected chi connectivity index (χ1v) is 10.9. The molecule has 1 aliphatic heterocycles. The normalized spacial score (nSPS) is 13.3. The fraction of sp³-hybridized carbons (Fsp3) is 0.231. The Bertz CT molecular complexity index is 1250. The third-order valence-electron chi connectivity index (χ3n) is 6.02. The largest absolute Gasteiger partial charge is 0.454 e. The molecule has 0 spiro atoms. The number of H-pyrrole nitrogens is 1. The van der Waals surface area contributed by atoms with Crippen molar-refractivity contribution < 1.29 is 14.3 Å².